The predicted octanol–water partition coefficient (Wildman–Crippen LogP) is 3.12. The fraction of sp³-hybridized carbons (Fsp3) is 0.312. The highest BCUT2D eigenvalue weighted by molar-refractivity contribution is 5.92. The molecule has 0 spiro atoms. The summed E-state index contributed by atoms with van der Waals surface area (Å²) in [6.45, 7) is 1.47. The van der Waals surface area contributed by atoms with Gasteiger partial charge in [-0.25, -0.2) is 18.7 Å². The zero-order valence-electron chi connectivity index (χ0n) is 12.4. The second-order valence-corrected chi connectivity index (χ2v) is 5.39. The largest absolute Gasteiger partial charge is 0.337 e. The summed E-state index contributed by atoms with van der Waals surface area (Å²) in [6, 6.07) is 3.20. The molecule has 1 amide bonds. The van der Waals surface area contributed by atoms with Crippen LogP contribution in [0.15, 0.2) is 30.6 Å². The molecule has 2 aromatic rings. The molecule has 2 heterocycles. The zero-order valence-corrected chi connectivity index (χ0v) is 12.4. The first-order valence-corrected chi connectivity index (χ1v) is 7.47. The van der Waals surface area contributed by atoms with Crippen molar-refractivity contribution in [2.75, 3.05) is 18.4 Å². The van der Waals surface area contributed by atoms with Gasteiger partial charge in [0.15, 0.2) is 0 Å². The number of hydrogen-bond acceptors (Lipinski definition) is 4. The number of carbonyl (C=O) groups is 1. The Hall–Kier alpha value is -2.57. The van der Waals surface area contributed by atoms with Crippen LogP contribution >= 0.6 is 0 Å². The minimum Gasteiger partial charge on any atom is -0.337 e. The molecule has 1 aliphatic heterocycles. The second kappa shape index (κ2) is 6.68. The molecule has 5 nitrogen and oxygen atoms in total. The Morgan fingerprint density at radius 1 is 1.09 bits per heavy atom. The molecule has 0 atom stereocenters. The van der Waals surface area contributed by atoms with Gasteiger partial charge in [0, 0.05) is 19.2 Å². The standard InChI is InChI=1S/C16H16F2N4O/c17-11-4-5-13(12(18)8-11)21-15-10-19-14(9-20-15)16(23)22-6-2-1-3-7-22/h4-5,8-10H,1-3,6-7H2,(H,20,21). The van der Waals surface area contributed by atoms with E-state index in [9.17, 15) is 13.6 Å². The predicted molar refractivity (Wildman–Crippen MR) is 81.4 cm³/mol. The number of piperidine rings is 1. The molecule has 1 aromatic carbocycles. The van der Waals surface area contributed by atoms with Crippen LogP contribution in [0.25, 0.3) is 0 Å². The van der Waals surface area contributed by atoms with Gasteiger partial charge in [-0.3, -0.25) is 4.79 Å². The second-order valence-electron chi connectivity index (χ2n) is 5.39. The van der Waals surface area contributed by atoms with Crippen molar-refractivity contribution in [3.05, 3.63) is 47.9 Å². The lowest BCUT2D eigenvalue weighted by Crippen LogP contribution is -2.36. The Balaban J connectivity index is 1.70. The Morgan fingerprint density at radius 3 is 2.52 bits per heavy atom. The molecular weight excluding hydrogens is 302 g/mol. The van der Waals surface area contributed by atoms with Gasteiger partial charge in [-0.05, 0) is 31.4 Å². The van der Waals surface area contributed by atoms with Crippen LogP contribution in [-0.4, -0.2) is 33.9 Å². The number of carbonyl (C=O) groups excluding carboxylic acids is 1. The molecule has 0 radical (unpaired) electrons. The van der Waals surface area contributed by atoms with Gasteiger partial charge in [-0.1, -0.05) is 0 Å². The fourth-order valence-corrected chi connectivity index (χ4v) is 2.49. The highest BCUT2D eigenvalue weighted by Gasteiger charge is 2.19. The lowest BCUT2D eigenvalue weighted by molar-refractivity contribution is 0.0718. The average Bonchev–Trinajstić information content (AvgIpc) is 2.58. The van der Waals surface area contributed by atoms with Gasteiger partial charge in [0.2, 0.25) is 0 Å². The van der Waals surface area contributed by atoms with Crippen LogP contribution in [0.1, 0.15) is 29.8 Å². The van der Waals surface area contributed by atoms with Crippen molar-refractivity contribution < 1.29 is 13.6 Å². The molecule has 1 fully saturated rings. The van der Waals surface area contributed by atoms with Crippen molar-refractivity contribution in [2.45, 2.75) is 19.3 Å². The topological polar surface area (TPSA) is 58.1 Å². The maximum absolute atomic E-state index is 13.6. The number of benzene rings is 1. The minimum absolute atomic E-state index is 0.0933. The third-order valence-electron chi connectivity index (χ3n) is 3.71. The van der Waals surface area contributed by atoms with Crippen molar-refractivity contribution in [1.29, 1.82) is 0 Å². The third kappa shape index (κ3) is 3.61. The number of nitrogens with one attached hydrogen (secondary N) is 1. The number of rotatable bonds is 3. The molecule has 1 aliphatic rings. The van der Waals surface area contributed by atoms with Crippen molar-refractivity contribution in [3.63, 3.8) is 0 Å². The van der Waals surface area contributed by atoms with E-state index in [1.54, 1.807) is 4.90 Å². The molecule has 0 unspecified atom stereocenters. The Morgan fingerprint density at radius 2 is 1.87 bits per heavy atom. The van der Waals surface area contributed by atoms with Gasteiger partial charge in [0.1, 0.15) is 23.1 Å². The smallest absolute Gasteiger partial charge is 0.274 e. The zero-order chi connectivity index (χ0) is 16.2. The average molecular weight is 318 g/mol. The molecule has 1 N–H and O–H groups in total. The SMILES string of the molecule is O=C(c1cnc(Nc2ccc(F)cc2F)cn1)N1CCCCC1. The highest BCUT2D eigenvalue weighted by Crippen LogP contribution is 2.19. The first-order chi connectivity index (χ1) is 11.1. The number of anilines is 2. The normalized spacial score (nSPS) is 14.6. The number of halogens is 2. The molecular formula is C16H16F2N4O. The minimum atomic E-state index is -0.722. The molecule has 3 rings (SSSR count). The van der Waals surface area contributed by atoms with E-state index >= 15 is 0 Å². The lowest BCUT2D eigenvalue weighted by Gasteiger charge is -2.26. The van der Waals surface area contributed by atoms with Gasteiger partial charge in [0.25, 0.3) is 5.91 Å². The molecule has 0 aliphatic carbocycles. The molecule has 1 saturated heterocycles. The summed E-state index contributed by atoms with van der Waals surface area (Å²) >= 11 is 0. The summed E-state index contributed by atoms with van der Waals surface area (Å²) in [5, 5.41) is 2.70. The fourth-order valence-electron chi connectivity index (χ4n) is 2.49. The molecule has 7 heteroatoms. The number of hydrogen-bond donors (Lipinski definition) is 1. The number of aromatic nitrogens is 2. The summed E-state index contributed by atoms with van der Waals surface area (Å²) in [5.41, 5.74) is 0.354. The summed E-state index contributed by atoms with van der Waals surface area (Å²) in [7, 11) is 0. The number of amides is 1. The van der Waals surface area contributed by atoms with Crippen molar-refractivity contribution in [2.24, 2.45) is 0 Å². The van der Waals surface area contributed by atoms with Crippen LogP contribution in [-0.2, 0) is 0 Å². The summed E-state index contributed by atoms with van der Waals surface area (Å²) < 4.78 is 26.4. The first-order valence-electron chi connectivity index (χ1n) is 7.47. The Labute approximate surface area is 132 Å². The maximum Gasteiger partial charge on any atom is 0.274 e. The van der Waals surface area contributed by atoms with Gasteiger partial charge < -0.3 is 10.2 Å². The van der Waals surface area contributed by atoms with Gasteiger partial charge >= 0.3 is 0 Å². The van der Waals surface area contributed by atoms with Crippen molar-refractivity contribution in [1.82, 2.24) is 14.9 Å². The van der Waals surface area contributed by atoms with Gasteiger partial charge in [-0.2, -0.15) is 0 Å². The maximum atomic E-state index is 13.6. The summed E-state index contributed by atoms with van der Waals surface area (Å²) in [5.74, 6) is -1.23. The number of likely N-dealkylation sites (tertiary alicyclic amines) is 1. The third-order valence-corrected chi connectivity index (χ3v) is 3.71. The van der Waals surface area contributed by atoms with Crippen LogP contribution in [0.4, 0.5) is 20.3 Å². The van der Waals surface area contributed by atoms with Crippen molar-refractivity contribution >= 4 is 17.4 Å². The van der Waals surface area contributed by atoms with E-state index in [0.29, 0.717) is 0 Å². The Kier molecular flexibility index (Phi) is 4.45. The van der Waals surface area contributed by atoms with E-state index in [0.717, 1.165) is 44.5 Å². The van der Waals surface area contributed by atoms with Gasteiger partial charge in [-0.15, -0.1) is 0 Å². The molecule has 0 saturated carbocycles. The number of nitrogens with zero attached hydrogens (tertiary/aromatic N) is 3. The van der Waals surface area contributed by atoms with E-state index in [4.69, 9.17) is 0 Å². The summed E-state index contributed by atoms with van der Waals surface area (Å²) in [6.07, 6.45) is 5.87. The van der Waals surface area contributed by atoms with Crippen LogP contribution in [0.3, 0.4) is 0 Å². The van der Waals surface area contributed by atoms with Crippen LogP contribution in [0.5, 0.6) is 0 Å². The summed E-state index contributed by atoms with van der Waals surface area (Å²) in [4.78, 5) is 22.2. The molecule has 1 aromatic heterocycles. The van der Waals surface area contributed by atoms with E-state index in [1.165, 1.54) is 18.5 Å². The molecule has 0 bridgehead atoms. The van der Waals surface area contributed by atoms with Crippen LogP contribution in [0.2, 0.25) is 0 Å². The molecule has 120 valence electrons. The van der Waals surface area contributed by atoms with Gasteiger partial charge in [0.05, 0.1) is 18.1 Å². The van der Waals surface area contributed by atoms with E-state index < -0.39 is 11.6 Å². The first kappa shape index (κ1) is 15.3. The van der Waals surface area contributed by atoms with Crippen LogP contribution in [0, 0.1) is 11.6 Å². The van der Waals surface area contributed by atoms with E-state index in [1.807, 2.05) is 0 Å². The van der Waals surface area contributed by atoms with Crippen LogP contribution < -0.4 is 5.32 Å². The quantitative estimate of drug-likeness (QED) is 0.944. The van der Waals surface area contributed by atoms with E-state index in [-0.39, 0.29) is 23.1 Å². The van der Waals surface area contributed by atoms with Crippen molar-refractivity contribution in [3.8, 4) is 0 Å². The highest BCUT2D eigenvalue weighted by atomic mass is 19.1. The molecule has 23 heavy (non-hydrogen) atoms. The monoisotopic (exact) mass is 318 g/mol. The lowest BCUT2D eigenvalue weighted by atomic mass is 10.1. The Bertz CT molecular complexity index is 700. The van der Waals surface area contributed by atoms with E-state index in [2.05, 4.69) is 15.3 Å².